The number of nitrogens with one attached hydrogen (secondary N) is 2. The molecule has 0 amide bonds. The second-order valence-electron chi connectivity index (χ2n) is 3.63. The Bertz CT molecular complexity index is 154. The van der Waals surface area contributed by atoms with Crippen LogP contribution in [-0.4, -0.2) is 12.9 Å². The van der Waals surface area contributed by atoms with Crippen molar-refractivity contribution in [1.82, 2.24) is 5.32 Å². The van der Waals surface area contributed by atoms with Gasteiger partial charge in [-0.3, -0.25) is 0 Å². The van der Waals surface area contributed by atoms with Crippen LogP contribution in [-0.2, 0) is 0 Å². The van der Waals surface area contributed by atoms with E-state index in [9.17, 15) is 0 Å². The lowest BCUT2D eigenvalue weighted by Crippen LogP contribution is -2.24. The van der Waals surface area contributed by atoms with Gasteiger partial charge in [0.05, 0.1) is 0 Å². The third kappa shape index (κ3) is 5.51. The molecule has 2 N–H and O–H groups in total. The van der Waals surface area contributed by atoms with E-state index in [4.69, 9.17) is 5.53 Å². The molecule has 0 saturated heterocycles. The lowest BCUT2D eigenvalue weighted by Gasteiger charge is -2.17. The van der Waals surface area contributed by atoms with Crippen LogP contribution in [0.4, 0.5) is 0 Å². The van der Waals surface area contributed by atoms with E-state index >= 15 is 0 Å². The van der Waals surface area contributed by atoms with Crippen molar-refractivity contribution in [3.8, 4) is 0 Å². The average molecular weight is 156 g/mol. The summed E-state index contributed by atoms with van der Waals surface area (Å²) in [6.07, 6.45) is 0.811. The molecule has 0 aromatic heterocycles. The van der Waals surface area contributed by atoms with Gasteiger partial charge in [0.2, 0.25) is 0 Å². The Morgan fingerprint density at radius 2 is 2.00 bits per heavy atom. The van der Waals surface area contributed by atoms with Gasteiger partial charge in [-0.05, 0) is 5.41 Å². The van der Waals surface area contributed by atoms with Crippen LogP contribution in [0.3, 0.4) is 0 Å². The molecule has 0 aliphatic heterocycles. The Hall–Kier alpha value is -0.930. The van der Waals surface area contributed by atoms with Gasteiger partial charge in [0.15, 0.2) is 0 Å². The Balaban J connectivity index is 4.09. The maximum atomic E-state index is 6.54. The molecule has 4 heteroatoms. The van der Waals surface area contributed by atoms with Crippen molar-refractivity contribution in [2.75, 3.05) is 7.05 Å². The second kappa shape index (κ2) is 4.05. The molecule has 4 nitrogen and oxygen atoms in total. The van der Waals surface area contributed by atoms with Crippen LogP contribution in [0.2, 0.25) is 0 Å². The predicted octanol–water partition coefficient (Wildman–Crippen LogP) is 1.99. The second-order valence-corrected chi connectivity index (χ2v) is 3.63. The van der Waals surface area contributed by atoms with Gasteiger partial charge >= 0.3 is 0 Å². The van der Waals surface area contributed by atoms with E-state index in [0.717, 1.165) is 12.3 Å². The van der Waals surface area contributed by atoms with E-state index < -0.39 is 0 Å². The maximum Gasteiger partial charge on any atom is 0.127 e. The standard InChI is InChI=1S/C7H16N4/c1-7(2,3)5-6(9-4)10-11-8/h5H2,1-4H3,(H2,8,9,10). The summed E-state index contributed by atoms with van der Waals surface area (Å²) in [5, 5.41) is 9.49. The van der Waals surface area contributed by atoms with E-state index in [-0.39, 0.29) is 5.41 Å². The van der Waals surface area contributed by atoms with Gasteiger partial charge in [0.1, 0.15) is 5.84 Å². The molecule has 11 heavy (non-hydrogen) atoms. The van der Waals surface area contributed by atoms with Crippen LogP contribution >= 0.6 is 0 Å². The van der Waals surface area contributed by atoms with Gasteiger partial charge in [-0.25, -0.2) is 0 Å². The quantitative estimate of drug-likeness (QED) is 0.273. The number of amidine groups is 1. The third-order valence-electron chi connectivity index (χ3n) is 1.16. The zero-order chi connectivity index (χ0) is 8.91. The molecule has 0 aromatic carbocycles. The van der Waals surface area contributed by atoms with Gasteiger partial charge in [-0.1, -0.05) is 26.0 Å². The zero-order valence-corrected chi connectivity index (χ0v) is 7.60. The highest BCUT2D eigenvalue weighted by Crippen LogP contribution is 2.18. The third-order valence-corrected chi connectivity index (χ3v) is 1.16. The highest BCUT2D eigenvalue weighted by atomic mass is 15.3. The maximum absolute atomic E-state index is 6.54. The fraction of sp³-hybridized carbons (Fsp3) is 0.857. The summed E-state index contributed by atoms with van der Waals surface area (Å²) in [6.45, 7) is 6.34. The van der Waals surface area contributed by atoms with Crippen LogP contribution in [0.15, 0.2) is 10.3 Å². The summed E-state index contributed by atoms with van der Waals surface area (Å²) in [5.41, 5.74) is 6.73. The summed E-state index contributed by atoms with van der Waals surface area (Å²) >= 11 is 0. The van der Waals surface area contributed by atoms with Gasteiger partial charge in [0.25, 0.3) is 0 Å². The fourth-order valence-corrected chi connectivity index (χ4v) is 0.736. The predicted molar refractivity (Wildman–Crippen MR) is 45.7 cm³/mol. The molecule has 0 radical (unpaired) electrons. The Kier molecular flexibility index (Phi) is 3.71. The van der Waals surface area contributed by atoms with Gasteiger partial charge in [0, 0.05) is 13.5 Å². The SMILES string of the molecule is CN/C(CC(C)(C)C)=N\N=N. The normalized spacial score (nSPS) is 12.9. The van der Waals surface area contributed by atoms with Crippen molar-refractivity contribution >= 4 is 5.84 Å². The molecule has 0 aliphatic rings. The zero-order valence-electron chi connectivity index (χ0n) is 7.60. The smallest absolute Gasteiger partial charge is 0.127 e. The van der Waals surface area contributed by atoms with Crippen molar-refractivity contribution in [1.29, 1.82) is 5.53 Å². The average Bonchev–Trinajstić information content (AvgIpc) is 1.84. The van der Waals surface area contributed by atoms with Crippen LogP contribution in [0.25, 0.3) is 0 Å². The first-order valence-electron chi connectivity index (χ1n) is 3.60. The molecule has 0 bridgehead atoms. The first-order valence-corrected chi connectivity index (χ1v) is 3.60. The molecule has 0 fully saturated rings. The van der Waals surface area contributed by atoms with E-state index in [1.165, 1.54) is 0 Å². The summed E-state index contributed by atoms with van der Waals surface area (Å²) in [4.78, 5) is 0. The van der Waals surface area contributed by atoms with Crippen LogP contribution < -0.4 is 5.32 Å². The fourth-order valence-electron chi connectivity index (χ4n) is 0.736. The monoisotopic (exact) mass is 156 g/mol. The van der Waals surface area contributed by atoms with Gasteiger partial charge in [-0.15, -0.1) is 5.10 Å². The Morgan fingerprint density at radius 3 is 2.27 bits per heavy atom. The van der Waals surface area contributed by atoms with Crippen LogP contribution in [0, 0.1) is 10.9 Å². The minimum Gasteiger partial charge on any atom is -0.375 e. The van der Waals surface area contributed by atoms with E-state index in [2.05, 4.69) is 36.4 Å². The van der Waals surface area contributed by atoms with Crippen LogP contribution in [0.1, 0.15) is 27.2 Å². The molecule has 0 unspecified atom stereocenters. The highest BCUT2D eigenvalue weighted by molar-refractivity contribution is 5.82. The highest BCUT2D eigenvalue weighted by Gasteiger charge is 2.13. The molecule has 64 valence electrons. The van der Waals surface area contributed by atoms with Crippen molar-refractivity contribution in [2.24, 2.45) is 15.7 Å². The van der Waals surface area contributed by atoms with E-state index in [1.54, 1.807) is 7.05 Å². The summed E-state index contributed by atoms with van der Waals surface area (Å²) in [7, 11) is 1.79. The molecule has 0 heterocycles. The molecule has 0 spiro atoms. The number of rotatable bonds is 2. The number of hydrogen-bond donors (Lipinski definition) is 2. The minimum atomic E-state index is 0.187. The molecule has 0 aliphatic carbocycles. The molecular weight excluding hydrogens is 140 g/mol. The van der Waals surface area contributed by atoms with Crippen LogP contribution in [0.5, 0.6) is 0 Å². The molecule has 0 saturated carbocycles. The topological polar surface area (TPSA) is 60.6 Å². The van der Waals surface area contributed by atoms with Crippen molar-refractivity contribution in [3.63, 3.8) is 0 Å². The first kappa shape index (κ1) is 10.1. The lowest BCUT2D eigenvalue weighted by atomic mass is 9.92. The van der Waals surface area contributed by atoms with Crippen molar-refractivity contribution in [3.05, 3.63) is 0 Å². The first-order chi connectivity index (χ1) is 4.99. The van der Waals surface area contributed by atoms with Crippen molar-refractivity contribution in [2.45, 2.75) is 27.2 Å². The van der Waals surface area contributed by atoms with Crippen molar-refractivity contribution < 1.29 is 0 Å². The minimum absolute atomic E-state index is 0.187. The largest absolute Gasteiger partial charge is 0.375 e. The molecule has 0 aromatic rings. The summed E-state index contributed by atoms with van der Waals surface area (Å²) < 4.78 is 0. The van der Waals surface area contributed by atoms with Gasteiger partial charge < -0.3 is 5.32 Å². The molecular formula is C7H16N4. The molecule has 0 atom stereocenters. The van der Waals surface area contributed by atoms with E-state index in [0.29, 0.717) is 0 Å². The van der Waals surface area contributed by atoms with Gasteiger partial charge in [-0.2, -0.15) is 5.53 Å². The number of hydrogen-bond acceptors (Lipinski definition) is 2. The Morgan fingerprint density at radius 1 is 1.45 bits per heavy atom. The Labute approximate surface area is 67.6 Å². The number of nitrogens with zero attached hydrogens (tertiary/aromatic N) is 2. The van der Waals surface area contributed by atoms with E-state index in [1.807, 2.05) is 0 Å². The lowest BCUT2D eigenvalue weighted by molar-refractivity contribution is 0.429. The summed E-state index contributed by atoms with van der Waals surface area (Å²) in [6, 6.07) is 0. The summed E-state index contributed by atoms with van der Waals surface area (Å²) in [5.74, 6) is 0.757. The molecule has 0 rings (SSSR count).